The second-order valence-corrected chi connectivity index (χ2v) is 6.76. The van der Waals surface area contributed by atoms with E-state index in [4.69, 9.17) is 4.74 Å². The number of carbonyl (C=O) groups is 2. The van der Waals surface area contributed by atoms with Crippen molar-refractivity contribution in [2.24, 2.45) is 0 Å². The molecule has 1 aromatic heterocycles. The van der Waals surface area contributed by atoms with Crippen LogP contribution in [0, 0.1) is 0 Å². The molecule has 0 radical (unpaired) electrons. The first-order valence-corrected chi connectivity index (χ1v) is 9.80. The average Bonchev–Trinajstić information content (AvgIpc) is 2.66. The van der Waals surface area contributed by atoms with E-state index in [0.717, 1.165) is 24.6 Å². The molecule has 2 aromatic rings. The van der Waals surface area contributed by atoms with Crippen LogP contribution in [0.5, 0.6) is 0 Å². The summed E-state index contributed by atoms with van der Waals surface area (Å²) in [6, 6.07) is 7.97. The molecule has 7 nitrogen and oxygen atoms in total. The summed E-state index contributed by atoms with van der Waals surface area (Å²) in [6.07, 6.45) is 2.44. The SMILES string of the molecule is CCCCOC(=O)c1ccc(NC(=O)CSc2nc(CC)cc(=O)[nH]2)cc1. The Bertz CT molecular complexity index is 834. The zero-order chi connectivity index (χ0) is 19.6. The number of nitrogens with one attached hydrogen (secondary N) is 2. The summed E-state index contributed by atoms with van der Waals surface area (Å²) in [4.78, 5) is 42.3. The Morgan fingerprint density at radius 2 is 1.96 bits per heavy atom. The number of esters is 1. The van der Waals surface area contributed by atoms with Crippen LogP contribution in [0.15, 0.2) is 40.3 Å². The van der Waals surface area contributed by atoms with E-state index in [1.54, 1.807) is 24.3 Å². The molecule has 0 aliphatic heterocycles. The number of aromatic nitrogens is 2. The lowest BCUT2D eigenvalue weighted by atomic mass is 10.2. The zero-order valence-electron chi connectivity index (χ0n) is 15.4. The molecule has 1 heterocycles. The summed E-state index contributed by atoms with van der Waals surface area (Å²) in [5.41, 5.74) is 1.47. The van der Waals surface area contributed by atoms with Crippen LogP contribution in [0.1, 0.15) is 42.7 Å². The smallest absolute Gasteiger partial charge is 0.338 e. The van der Waals surface area contributed by atoms with Crippen molar-refractivity contribution < 1.29 is 14.3 Å². The minimum atomic E-state index is -0.372. The Hall–Kier alpha value is -2.61. The van der Waals surface area contributed by atoms with Gasteiger partial charge in [-0.1, -0.05) is 32.0 Å². The van der Waals surface area contributed by atoms with Gasteiger partial charge >= 0.3 is 5.97 Å². The van der Waals surface area contributed by atoms with E-state index in [1.807, 2.05) is 13.8 Å². The van der Waals surface area contributed by atoms with Crippen LogP contribution < -0.4 is 10.9 Å². The molecule has 144 valence electrons. The predicted molar refractivity (Wildman–Crippen MR) is 105 cm³/mol. The fourth-order valence-electron chi connectivity index (χ4n) is 2.15. The quantitative estimate of drug-likeness (QED) is 0.296. The molecule has 0 aliphatic carbocycles. The number of H-pyrrole nitrogens is 1. The molecule has 0 saturated carbocycles. The number of benzene rings is 1. The van der Waals surface area contributed by atoms with E-state index >= 15 is 0 Å². The van der Waals surface area contributed by atoms with Gasteiger partial charge in [-0.25, -0.2) is 9.78 Å². The third kappa shape index (κ3) is 6.90. The van der Waals surface area contributed by atoms with Crippen LogP contribution in [0.25, 0.3) is 0 Å². The molecule has 2 rings (SSSR count). The molecule has 0 saturated heterocycles. The van der Waals surface area contributed by atoms with Crippen LogP contribution in [-0.4, -0.2) is 34.2 Å². The van der Waals surface area contributed by atoms with Crippen molar-refractivity contribution in [3.8, 4) is 0 Å². The van der Waals surface area contributed by atoms with E-state index in [0.29, 0.717) is 35.1 Å². The lowest BCUT2D eigenvalue weighted by Gasteiger charge is -2.07. The maximum atomic E-state index is 12.1. The Morgan fingerprint density at radius 1 is 1.22 bits per heavy atom. The van der Waals surface area contributed by atoms with E-state index in [9.17, 15) is 14.4 Å². The van der Waals surface area contributed by atoms with Crippen molar-refractivity contribution in [1.29, 1.82) is 0 Å². The van der Waals surface area contributed by atoms with Gasteiger partial charge in [0.2, 0.25) is 5.91 Å². The highest BCUT2D eigenvalue weighted by Crippen LogP contribution is 2.14. The monoisotopic (exact) mass is 389 g/mol. The lowest BCUT2D eigenvalue weighted by molar-refractivity contribution is -0.113. The number of aromatic amines is 1. The third-order valence-corrected chi connectivity index (χ3v) is 4.48. The van der Waals surface area contributed by atoms with Crippen LogP contribution in [-0.2, 0) is 16.0 Å². The Kier molecular flexibility index (Phi) is 8.06. The van der Waals surface area contributed by atoms with Gasteiger partial charge in [0.1, 0.15) is 0 Å². The van der Waals surface area contributed by atoms with Crippen molar-refractivity contribution in [1.82, 2.24) is 9.97 Å². The van der Waals surface area contributed by atoms with Crippen LogP contribution in [0.2, 0.25) is 0 Å². The topological polar surface area (TPSA) is 101 Å². The summed E-state index contributed by atoms with van der Waals surface area (Å²) < 4.78 is 5.14. The van der Waals surface area contributed by atoms with Gasteiger partial charge in [0.25, 0.3) is 5.56 Å². The van der Waals surface area contributed by atoms with Crippen LogP contribution in [0.3, 0.4) is 0 Å². The number of rotatable bonds is 9. The fourth-order valence-corrected chi connectivity index (χ4v) is 2.84. The first-order valence-electron chi connectivity index (χ1n) is 8.82. The number of ether oxygens (including phenoxy) is 1. The lowest BCUT2D eigenvalue weighted by Crippen LogP contribution is -2.16. The van der Waals surface area contributed by atoms with Gasteiger partial charge in [-0.15, -0.1) is 0 Å². The minimum absolute atomic E-state index is 0.108. The van der Waals surface area contributed by atoms with Gasteiger partial charge in [-0.05, 0) is 37.1 Å². The largest absolute Gasteiger partial charge is 0.462 e. The molecule has 2 N–H and O–H groups in total. The van der Waals surface area contributed by atoms with Crippen molar-refractivity contribution in [3.05, 3.63) is 51.9 Å². The van der Waals surface area contributed by atoms with Gasteiger partial charge in [0, 0.05) is 17.4 Å². The predicted octanol–water partition coefficient (Wildman–Crippen LogP) is 3.02. The summed E-state index contributed by atoms with van der Waals surface area (Å²) >= 11 is 1.16. The molecule has 0 fully saturated rings. The van der Waals surface area contributed by atoms with Crippen LogP contribution >= 0.6 is 11.8 Å². The average molecular weight is 389 g/mol. The summed E-state index contributed by atoms with van der Waals surface area (Å²) in [7, 11) is 0. The number of unbranched alkanes of at least 4 members (excludes halogenated alkanes) is 1. The molecule has 0 atom stereocenters. The summed E-state index contributed by atoms with van der Waals surface area (Å²) in [5, 5.41) is 3.16. The normalized spacial score (nSPS) is 10.4. The summed E-state index contributed by atoms with van der Waals surface area (Å²) in [5.74, 6) is -0.498. The van der Waals surface area contributed by atoms with Crippen LogP contribution in [0.4, 0.5) is 5.69 Å². The number of thioether (sulfide) groups is 1. The van der Waals surface area contributed by atoms with Crippen molar-refractivity contribution >= 4 is 29.3 Å². The molecule has 1 amide bonds. The standard InChI is InChI=1S/C19H23N3O4S/c1-3-5-10-26-18(25)13-6-8-15(9-7-13)20-17(24)12-27-19-21-14(4-2)11-16(23)22-19/h6-9,11H,3-5,10,12H2,1-2H3,(H,20,24)(H,21,22,23). The molecule has 0 bridgehead atoms. The highest BCUT2D eigenvalue weighted by molar-refractivity contribution is 7.99. The van der Waals surface area contributed by atoms with Gasteiger partial charge in [-0.3, -0.25) is 9.59 Å². The molecule has 0 aliphatic rings. The molecular formula is C19H23N3O4S. The van der Waals surface area contributed by atoms with E-state index in [2.05, 4.69) is 15.3 Å². The van der Waals surface area contributed by atoms with Gasteiger partial charge in [0.05, 0.1) is 17.9 Å². The number of nitrogens with zero attached hydrogens (tertiary/aromatic N) is 1. The number of amides is 1. The molecule has 0 spiro atoms. The van der Waals surface area contributed by atoms with E-state index < -0.39 is 0 Å². The molecule has 8 heteroatoms. The van der Waals surface area contributed by atoms with Gasteiger partial charge in [0.15, 0.2) is 5.16 Å². The third-order valence-electron chi connectivity index (χ3n) is 3.61. The van der Waals surface area contributed by atoms with E-state index in [-0.39, 0.29) is 23.2 Å². The number of carbonyl (C=O) groups excluding carboxylic acids is 2. The minimum Gasteiger partial charge on any atom is -0.462 e. The molecule has 27 heavy (non-hydrogen) atoms. The zero-order valence-corrected chi connectivity index (χ0v) is 16.2. The number of hydrogen-bond acceptors (Lipinski definition) is 6. The van der Waals surface area contributed by atoms with E-state index in [1.165, 1.54) is 6.07 Å². The van der Waals surface area contributed by atoms with Crippen molar-refractivity contribution in [2.75, 3.05) is 17.7 Å². The molecular weight excluding hydrogens is 366 g/mol. The fraction of sp³-hybridized carbons (Fsp3) is 0.368. The number of aryl methyl sites for hydroxylation is 1. The van der Waals surface area contributed by atoms with Gasteiger partial charge < -0.3 is 15.0 Å². The Labute approximate surface area is 161 Å². The molecule has 0 unspecified atom stereocenters. The van der Waals surface area contributed by atoms with Crippen molar-refractivity contribution in [2.45, 2.75) is 38.3 Å². The second kappa shape index (κ2) is 10.5. The first-order chi connectivity index (χ1) is 13.0. The Morgan fingerprint density at radius 3 is 2.63 bits per heavy atom. The number of hydrogen-bond donors (Lipinski definition) is 2. The molecule has 1 aromatic carbocycles. The highest BCUT2D eigenvalue weighted by Gasteiger charge is 2.09. The highest BCUT2D eigenvalue weighted by atomic mass is 32.2. The van der Waals surface area contributed by atoms with Crippen molar-refractivity contribution in [3.63, 3.8) is 0 Å². The Balaban J connectivity index is 1.86. The second-order valence-electron chi connectivity index (χ2n) is 5.80. The number of anilines is 1. The maximum Gasteiger partial charge on any atom is 0.338 e. The first kappa shape index (κ1) is 20.7. The maximum absolute atomic E-state index is 12.1. The summed E-state index contributed by atoms with van der Waals surface area (Å²) in [6.45, 7) is 4.34. The van der Waals surface area contributed by atoms with Gasteiger partial charge in [-0.2, -0.15) is 0 Å².